The zero-order valence-corrected chi connectivity index (χ0v) is 21.2. The molecule has 0 bridgehead atoms. The molecule has 1 saturated heterocycles. The van der Waals surface area contributed by atoms with E-state index in [0.29, 0.717) is 13.0 Å². The number of halogens is 5. The Kier molecular flexibility index (Phi) is 6.82. The predicted octanol–water partition coefficient (Wildman–Crippen LogP) is 3.53. The van der Waals surface area contributed by atoms with E-state index < -0.39 is 44.7 Å². The number of nitrogens with zero attached hydrogens (tertiary/aromatic N) is 6. The van der Waals surface area contributed by atoms with Crippen molar-refractivity contribution in [1.29, 1.82) is 0 Å². The molecule has 202 valence electrons. The van der Waals surface area contributed by atoms with Gasteiger partial charge in [0.15, 0.2) is 23.0 Å². The van der Waals surface area contributed by atoms with Gasteiger partial charge in [-0.25, -0.2) is 26.9 Å². The molecule has 1 aliphatic heterocycles. The third-order valence-electron chi connectivity index (χ3n) is 6.22. The van der Waals surface area contributed by atoms with Crippen LogP contribution in [0.1, 0.15) is 25.8 Å². The first-order valence-corrected chi connectivity index (χ1v) is 13.1. The largest absolute Gasteiger partial charge is 0.503 e. The van der Waals surface area contributed by atoms with Gasteiger partial charge in [0.2, 0.25) is 16.0 Å². The Morgan fingerprint density at radius 2 is 1.86 bits per heavy atom. The van der Waals surface area contributed by atoms with Gasteiger partial charge in [-0.3, -0.25) is 0 Å². The van der Waals surface area contributed by atoms with Crippen molar-refractivity contribution in [3.8, 4) is 17.0 Å². The number of hydrogen-bond donors (Lipinski definition) is 1. The average molecular weight is 549 g/mol. The topological polar surface area (TPSA) is 104 Å². The molecule has 0 spiro atoms. The Balaban J connectivity index is 1.79. The second kappa shape index (κ2) is 9.35. The van der Waals surface area contributed by atoms with Crippen LogP contribution in [0, 0.1) is 17.6 Å². The molecule has 15 heteroatoms. The van der Waals surface area contributed by atoms with Gasteiger partial charge in [0.05, 0.1) is 17.2 Å². The van der Waals surface area contributed by atoms with Gasteiger partial charge in [-0.1, -0.05) is 13.8 Å². The summed E-state index contributed by atoms with van der Waals surface area (Å²) in [6, 6.07) is 0.0119. The molecule has 1 aromatic carbocycles. The number of rotatable bonds is 5. The Morgan fingerprint density at radius 3 is 2.46 bits per heavy atom. The van der Waals surface area contributed by atoms with E-state index in [4.69, 9.17) is 0 Å². The van der Waals surface area contributed by atoms with Crippen molar-refractivity contribution in [2.24, 2.45) is 13.0 Å². The summed E-state index contributed by atoms with van der Waals surface area (Å²) in [4.78, 5) is 10.7. The smallest absolute Gasteiger partial charge is 0.419 e. The molecule has 0 amide bonds. The molecule has 2 aromatic heterocycles. The summed E-state index contributed by atoms with van der Waals surface area (Å²) in [5.74, 6) is -4.99. The number of hydrogen-bond acceptors (Lipinski definition) is 7. The van der Waals surface area contributed by atoms with E-state index in [-0.39, 0.29) is 53.8 Å². The molecule has 37 heavy (non-hydrogen) atoms. The summed E-state index contributed by atoms with van der Waals surface area (Å²) in [7, 11) is -1.96. The summed E-state index contributed by atoms with van der Waals surface area (Å²) in [6.07, 6.45) is -2.13. The fraction of sp³-hybridized carbons (Fsp3) is 0.500. The van der Waals surface area contributed by atoms with Gasteiger partial charge in [0.1, 0.15) is 5.69 Å². The third kappa shape index (κ3) is 5.06. The van der Waals surface area contributed by atoms with Gasteiger partial charge in [-0.05, 0) is 18.4 Å². The van der Waals surface area contributed by atoms with Crippen molar-refractivity contribution in [3.63, 3.8) is 0 Å². The lowest BCUT2D eigenvalue weighted by Crippen LogP contribution is -2.55. The summed E-state index contributed by atoms with van der Waals surface area (Å²) in [5.41, 5.74) is -2.74. The number of alkyl halides is 3. The highest BCUT2D eigenvalue weighted by molar-refractivity contribution is 7.88. The first-order chi connectivity index (χ1) is 17.1. The molecular formula is C22H25F5N6O3S. The molecule has 0 unspecified atom stereocenters. The molecule has 0 aliphatic carbocycles. The molecule has 0 radical (unpaired) electrons. The van der Waals surface area contributed by atoms with Crippen LogP contribution in [0.4, 0.5) is 27.9 Å². The lowest BCUT2D eigenvalue weighted by atomic mass is 10.0. The van der Waals surface area contributed by atoms with Crippen molar-refractivity contribution < 1.29 is 35.5 Å². The number of fused-ring (bicyclic) bond motifs is 1. The Morgan fingerprint density at radius 1 is 1.19 bits per heavy atom. The van der Waals surface area contributed by atoms with Crippen molar-refractivity contribution >= 4 is 27.0 Å². The van der Waals surface area contributed by atoms with E-state index >= 15 is 0 Å². The summed E-state index contributed by atoms with van der Waals surface area (Å²) < 4.78 is 95.3. The van der Waals surface area contributed by atoms with E-state index in [1.54, 1.807) is 0 Å². The minimum atomic E-state index is -5.18. The van der Waals surface area contributed by atoms with Gasteiger partial charge < -0.3 is 10.0 Å². The van der Waals surface area contributed by atoms with E-state index in [0.717, 1.165) is 6.26 Å². The molecule has 1 aliphatic rings. The molecule has 3 aromatic rings. The number of phenolic OH excluding ortho intramolecular Hbond substituents is 1. The minimum Gasteiger partial charge on any atom is -0.503 e. The van der Waals surface area contributed by atoms with Crippen LogP contribution in [0.25, 0.3) is 22.3 Å². The highest BCUT2D eigenvalue weighted by Crippen LogP contribution is 2.41. The van der Waals surface area contributed by atoms with Crippen LogP contribution in [0.2, 0.25) is 0 Å². The zero-order valence-electron chi connectivity index (χ0n) is 20.4. The standard InChI is InChI=1S/C22H25F5N6O3S/c1-11(2)7-12-10-32(37(4,35)36)5-6-33(12)21-28-9-14-18(30-31(3)20(14)29-21)13-8-15(22(25,26)27)17(24)19(34)16(13)23/h8-9,11-12,34H,5-7,10H2,1-4H3/t12-/m1/s1. The van der Waals surface area contributed by atoms with Crippen LogP contribution < -0.4 is 4.90 Å². The van der Waals surface area contributed by atoms with Gasteiger partial charge in [0.25, 0.3) is 0 Å². The number of phenols is 1. The van der Waals surface area contributed by atoms with Gasteiger partial charge in [-0.2, -0.15) is 27.6 Å². The van der Waals surface area contributed by atoms with Gasteiger partial charge in [0, 0.05) is 44.5 Å². The van der Waals surface area contributed by atoms with Crippen LogP contribution >= 0.6 is 0 Å². The maximum atomic E-state index is 14.7. The van der Waals surface area contributed by atoms with Crippen molar-refractivity contribution in [2.45, 2.75) is 32.5 Å². The van der Waals surface area contributed by atoms with Crippen molar-refractivity contribution in [3.05, 3.63) is 29.5 Å². The zero-order chi connectivity index (χ0) is 27.4. The number of aromatic nitrogens is 4. The van der Waals surface area contributed by atoms with E-state index in [1.807, 2.05) is 18.7 Å². The Bertz CT molecular complexity index is 1460. The van der Waals surface area contributed by atoms with Crippen molar-refractivity contribution in [1.82, 2.24) is 24.1 Å². The summed E-state index contributed by atoms with van der Waals surface area (Å²) >= 11 is 0. The van der Waals surface area contributed by atoms with Crippen LogP contribution in [-0.4, -0.2) is 69.5 Å². The monoisotopic (exact) mass is 548 g/mol. The Hall–Kier alpha value is -3.07. The quantitative estimate of drug-likeness (QED) is 0.487. The number of aryl methyl sites for hydroxylation is 1. The number of sulfonamides is 1. The molecule has 1 fully saturated rings. The summed E-state index contributed by atoms with van der Waals surface area (Å²) in [6.45, 7) is 4.74. The van der Waals surface area contributed by atoms with Crippen molar-refractivity contribution in [2.75, 3.05) is 30.8 Å². The lowest BCUT2D eigenvalue weighted by Gasteiger charge is -2.41. The number of aromatic hydroxyl groups is 1. The molecular weight excluding hydrogens is 523 g/mol. The predicted molar refractivity (Wildman–Crippen MR) is 125 cm³/mol. The number of piperazine rings is 1. The van der Waals surface area contributed by atoms with Crippen LogP contribution in [0.5, 0.6) is 5.75 Å². The molecule has 1 atom stereocenters. The third-order valence-corrected chi connectivity index (χ3v) is 7.49. The van der Waals surface area contributed by atoms with E-state index in [2.05, 4.69) is 15.1 Å². The first-order valence-electron chi connectivity index (χ1n) is 11.3. The van der Waals surface area contributed by atoms with Crippen LogP contribution in [0.15, 0.2) is 12.3 Å². The van der Waals surface area contributed by atoms with Gasteiger partial charge >= 0.3 is 6.18 Å². The molecule has 1 N–H and O–H groups in total. The summed E-state index contributed by atoms with van der Waals surface area (Å²) in [5, 5.41) is 13.9. The number of anilines is 1. The van der Waals surface area contributed by atoms with Crippen LogP contribution in [-0.2, 0) is 23.2 Å². The minimum absolute atomic E-state index is 0.0828. The number of benzene rings is 1. The fourth-order valence-corrected chi connectivity index (χ4v) is 5.36. The molecule has 3 heterocycles. The fourth-order valence-electron chi connectivity index (χ4n) is 4.50. The second-order valence-corrected chi connectivity index (χ2v) is 11.4. The molecule has 4 rings (SSSR count). The lowest BCUT2D eigenvalue weighted by molar-refractivity contribution is -0.140. The second-order valence-electron chi connectivity index (χ2n) is 9.42. The maximum absolute atomic E-state index is 14.7. The van der Waals surface area contributed by atoms with E-state index in [9.17, 15) is 35.5 Å². The first kappa shape index (κ1) is 27.0. The van der Waals surface area contributed by atoms with Crippen LogP contribution in [0.3, 0.4) is 0 Å². The average Bonchev–Trinajstić information content (AvgIpc) is 3.11. The highest BCUT2D eigenvalue weighted by Gasteiger charge is 2.38. The normalized spacial score (nSPS) is 17.8. The SMILES string of the molecule is CC(C)C[C@@H]1CN(S(C)(=O)=O)CCN1c1ncc2c(-c3cc(C(F)(F)F)c(F)c(O)c3F)nn(C)c2n1. The Labute approximate surface area is 209 Å². The molecule has 0 saturated carbocycles. The van der Waals surface area contributed by atoms with E-state index in [1.165, 1.54) is 22.2 Å². The highest BCUT2D eigenvalue weighted by atomic mass is 32.2. The maximum Gasteiger partial charge on any atom is 0.419 e. The van der Waals surface area contributed by atoms with Gasteiger partial charge in [-0.15, -0.1) is 0 Å². The molecule has 9 nitrogen and oxygen atoms in total.